The molecule has 2 heteroatoms. The SMILES string of the molecule is C#CC#CC#CC#CC#CC#CC#CC#CC#CC#CC#Cc1ccc2c(c1)sc1c2ccc2c1ccc1c3ccc(C)cc3[nH]c12. The van der Waals surface area contributed by atoms with E-state index in [2.05, 4.69) is 191 Å². The molecule has 6 aromatic rings. The quantitative estimate of drug-likeness (QED) is 0.178. The van der Waals surface area contributed by atoms with E-state index in [1.165, 1.54) is 58.3 Å². The molecule has 0 unspecified atom stereocenters. The van der Waals surface area contributed by atoms with Crippen LogP contribution in [0.5, 0.6) is 0 Å². The highest BCUT2D eigenvalue weighted by molar-refractivity contribution is 7.26. The molecule has 206 valence electrons. The van der Waals surface area contributed by atoms with Gasteiger partial charge in [-0.15, -0.1) is 17.8 Å². The van der Waals surface area contributed by atoms with Crippen LogP contribution in [-0.2, 0) is 0 Å². The Morgan fingerprint density at radius 3 is 1.55 bits per heavy atom. The second kappa shape index (κ2) is 14.2. The molecule has 0 amide bonds. The van der Waals surface area contributed by atoms with Crippen molar-refractivity contribution in [2.24, 2.45) is 0 Å². The highest BCUT2D eigenvalue weighted by Crippen LogP contribution is 2.41. The lowest BCUT2D eigenvalue weighted by Crippen LogP contribution is -1.77. The molecule has 0 radical (unpaired) electrons. The minimum Gasteiger partial charge on any atom is -0.354 e. The predicted molar refractivity (Wildman–Crippen MR) is 197 cm³/mol. The number of hydrogen-bond donors (Lipinski definition) is 1. The molecule has 1 nitrogen and oxygen atoms in total. The Kier molecular flexibility index (Phi) is 8.88. The van der Waals surface area contributed by atoms with E-state index < -0.39 is 0 Å². The smallest absolute Gasteiger partial charge is 0.0545 e. The van der Waals surface area contributed by atoms with Crippen LogP contribution < -0.4 is 0 Å². The van der Waals surface area contributed by atoms with Gasteiger partial charge in [0, 0.05) is 76.5 Å². The van der Waals surface area contributed by atoms with Gasteiger partial charge in [-0.3, -0.25) is 0 Å². The Labute approximate surface area is 277 Å². The van der Waals surface area contributed by atoms with Gasteiger partial charge in [-0.25, -0.2) is 0 Å². The number of terminal acetylenes is 1. The van der Waals surface area contributed by atoms with Gasteiger partial charge in [0.25, 0.3) is 0 Å². The van der Waals surface area contributed by atoms with Crippen LogP contribution in [0.3, 0.4) is 0 Å². The van der Waals surface area contributed by atoms with Gasteiger partial charge in [0.15, 0.2) is 0 Å². The summed E-state index contributed by atoms with van der Waals surface area (Å²) in [5, 5.41) is 7.46. The summed E-state index contributed by atoms with van der Waals surface area (Å²) in [6.45, 7) is 2.12. The molecule has 6 rings (SSSR count). The largest absolute Gasteiger partial charge is 0.354 e. The first-order chi connectivity index (χ1) is 23.2. The van der Waals surface area contributed by atoms with Crippen molar-refractivity contribution in [3.63, 3.8) is 0 Å². The lowest BCUT2D eigenvalue weighted by molar-refractivity contribution is 1.48. The Bertz CT molecular complexity index is 3030. The number of benzene rings is 4. The highest BCUT2D eigenvalue weighted by atomic mass is 32.1. The second-order valence-electron chi connectivity index (χ2n) is 9.66. The molecular formula is C45H15NS. The van der Waals surface area contributed by atoms with Crippen LogP contribution >= 0.6 is 11.3 Å². The van der Waals surface area contributed by atoms with Crippen molar-refractivity contribution >= 4 is 64.1 Å². The summed E-state index contributed by atoms with van der Waals surface area (Å²) in [4.78, 5) is 3.67. The third-order valence-corrected chi connectivity index (χ3v) is 7.97. The summed E-state index contributed by atoms with van der Waals surface area (Å²) in [6, 6.07) is 21.8. The average Bonchev–Trinajstić information content (AvgIpc) is 3.65. The Morgan fingerprint density at radius 2 is 0.957 bits per heavy atom. The maximum absolute atomic E-state index is 4.97. The first-order valence-electron chi connectivity index (χ1n) is 14.0. The Hall–Kier alpha value is -7.68. The summed E-state index contributed by atoms with van der Waals surface area (Å²) in [7, 11) is 0. The lowest BCUT2D eigenvalue weighted by atomic mass is 10.0. The van der Waals surface area contributed by atoms with E-state index in [0.717, 1.165) is 5.56 Å². The number of nitrogens with one attached hydrogen (secondary N) is 1. The zero-order chi connectivity index (χ0) is 32.3. The minimum absolute atomic E-state index is 0.900. The molecule has 0 saturated carbocycles. The van der Waals surface area contributed by atoms with Crippen molar-refractivity contribution in [2.45, 2.75) is 6.92 Å². The topological polar surface area (TPSA) is 15.8 Å². The maximum Gasteiger partial charge on any atom is 0.0545 e. The van der Waals surface area contributed by atoms with Gasteiger partial charge >= 0.3 is 0 Å². The summed E-state index contributed by atoms with van der Waals surface area (Å²) < 4.78 is 2.46. The lowest BCUT2D eigenvalue weighted by Gasteiger charge is -2.02. The van der Waals surface area contributed by atoms with Crippen LogP contribution in [0.25, 0.3) is 52.8 Å². The molecular weight excluding hydrogens is 587 g/mol. The molecule has 0 aliphatic heterocycles. The third-order valence-electron chi connectivity index (χ3n) is 6.76. The zero-order valence-electron chi connectivity index (χ0n) is 24.8. The number of aromatic amines is 1. The molecule has 0 fully saturated rings. The fraction of sp³-hybridized carbons (Fsp3) is 0.0222. The monoisotopic (exact) mass is 601 g/mol. The van der Waals surface area contributed by atoms with E-state index in [0.29, 0.717) is 0 Å². The summed E-state index contributed by atoms with van der Waals surface area (Å²) >= 11 is 1.79. The van der Waals surface area contributed by atoms with Crippen molar-refractivity contribution < 1.29 is 0 Å². The van der Waals surface area contributed by atoms with Crippen LogP contribution in [0.2, 0.25) is 0 Å². The molecule has 0 bridgehead atoms. The fourth-order valence-electron chi connectivity index (χ4n) is 4.88. The molecule has 0 spiro atoms. The normalized spacial score (nSPS) is 8.51. The molecule has 2 aromatic heterocycles. The van der Waals surface area contributed by atoms with Gasteiger partial charge in [-0.05, 0) is 125 Å². The Morgan fingerprint density at radius 1 is 0.489 bits per heavy atom. The highest BCUT2D eigenvalue weighted by Gasteiger charge is 2.13. The maximum atomic E-state index is 4.97. The number of hydrogen-bond acceptors (Lipinski definition) is 1. The van der Waals surface area contributed by atoms with Gasteiger partial charge in [0.2, 0.25) is 0 Å². The van der Waals surface area contributed by atoms with E-state index in [4.69, 9.17) is 6.42 Å². The van der Waals surface area contributed by atoms with Crippen LogP contribution in [-0.4, -0.2) is 4.98 Å². The van der Waals surface area contributed by atoms with Crippen molar-refractivity contribution in [1.82, 2.24) is 4.98 Å². The number of aryl methyl sites for hydroxylation is 1. The summed E-state index contributed by atoms with van der Waals surface area (Å²) in [5.41, 5.74) is 4.50. The number of thiophene rings is 1. The molecule has 1 N–H and O–H groups in total. The Balaban J connectivity index is 1.13. The first kappa shape index (κ1) is 29.4. The average molecular weight is 602 g/mol. The van der Waals surface area contributed by atoms with E-state index in [1.807, 2.05) is 6.07 Å². The molecule has 2 heterocycles. The molecule has 0 saturated heterocycles. The van der Waals surface area contributed by atoms with Crippen molar-refractivity contribution in [3.8, 4) is 131 Å². The van der Waals surface area contributed by atoms with Gasteiger partial charge in [0.1, 0.15) is 0 Å². The zero-order valence-corrected chi connectivity index (χ0v) is 25.6. The summed E-state index contributed by atoms with van der Waals surface area (Å²) in [6.07, 6.45) is 4.97. The number of fused-ring (bicyclic) bond motifs is 9. The van der Waals surface area contributed by atoms with Gasteiger partial charge in [-0.2, -0.15) is 0 Å². The minimum atomic E-state index is 0.900. The second-order valence-corrected chi connectivity index (χ2v) is 10.7. The van der Waals surface area contributed by atoms with Crippen LogP contribution in [0, 0.1) is 138 Å². The molecule has 47 heavy (non-hydrogen) atoms. The van der Waals surface area contributed by atoms with E-state index in [1.54, 1.807) is 11.3 Å². The molecule has 0 atom stereocenters. The van der Waals surface area contributed by atoms with Crippen LogP contribution in [0.1, 0.15) is 11.1 Å². The molecule has 0 aliphatic carbocycles. The first-order valence-corrected chi connectivity index (χ1v) is 14.8. The van der Waals surface area contributed by atoms with Gasteiger partial charge < -0.3 is 4.98 Å². The third kappa shape index (κ3) is 6.78. The fourth-order valence-corrected chi connectivity index (χ4v) is 6.15. The van der Waals surface area contributed by atoms with Gasteiger partial charge in [0.05, 0.1) is 5.52 Å². The molecule has 4 aromatic carbocycles. The number of aromatic nitrogens is 1. The standard InChI is InChI=1S/C45H15NS/c1-3-4-5-6-7-8-9-10-11-12-13-14-15-16-17-18-19-20-21-22-23-35-25-27-37-40-30-29-39-41(45(40)47-43(37)33-35)31-28-38-36-26-24-34(2)32-42(36)46-44(38)39/h1,24-33,46H,2H3. The predicted octanol–water partition coefficient (Wildman–Crippen LogP) is 7.17. The van der Waals surface area contributed by atoms with Gasteiger partial charge in [-0.1, -0.05) is 48.4 Å². The van der Waals surface area contributed by atoms with Crippen molar-refractivity contribution in [2.75, 3.05) is 0 Å². The molecule has 0 aliphatic rings. The van der Waals surface area contributed by atoms with E-state index in [9.17, 15) is 0 Å². The van der Waals surface area contributed by atoms with E-state index in [-0.39, 0.29) is 0 Å². The van der Waals surface area contributed by atoms with E-state index >= 15 is 0 Å². The summed E-state index contributed by atoms with van der Waals surface area (Å²) in [5.74, 6) is 54.0. The van der Waals surface area contributed by atoms with Crippen LogP contribution in [0.4, 0.5) is 0 Å². The van der Waals surface area contributed by atoms with Crippen molar-refractivity contribution in [3.05, 3.63) is 71.8 Å². The number of H-pyrrole nitrogens is 1. The number of rotatable bonds is 0. The van der Waals surface area contributed by atoms with Crippen molar-refractivity contribution in [1.29, 1.82) is 0 Å². The van der Waals surface area contributed by atoms with Crippen LogP contribution in [0.15, 0.2) is 60.7 Å².